The highest BCUT2D eigenvalue weighted by molar-refractivity contribution is 6.28. The number of ether oxygens (including phenoxy) is 1. The summed E-state index contributed by atoms with van der Waals surface area (Å²) in [5.41, 5.74) is 6.68. The summed E-state index contributed by atoms with van der Waals surface area (Å²) < 4.78 is 5.69. The van der Waals surface area contributed by atoms with E-state index in [2.05, 4.69) is 60.4 Å². The highest BCUT2D eigenvalue weighted by Gasteiger charge is 2.17. The van der Waals surface area contributed by atoms with Crippen molar-refractivity contribution < 1.29 is 9.53 Å². The number of aromatic nitrogens is 2. The van der Waals surface area contributed by atoms with E-state index in [1.807, 2.05) is 42.6 Å². The van der Waals surface area contributed by atoms with Crippen LogP contribution in [0.5, 0.6) is 5.75 Å². The average Bonchev–Trinajstić information content (AvgIpc) is 3.16. The molecule has 0 N–H and O–H groups in total. The van der Waals surface area contributed by atoms with Gasteiger partial charge in [-0.15, -0.1) is 0 Å². The van der Waals surface area contributed by atoms with Crippen LogP contribution in [0.25, 0.3) is 11.1 Å². The van der Waals surface area contributed by atoms with Crippen LogP contribution in [-0.2, 0) is 0 Å². The third-order valence-electron chi connectivity index (χ3n) is 6.44. The molecule has 0 saturated heterocycles. The van der Waals surface area contributed by atoms with E-state index < -0.39 is 0 Å². The molecule has 1 atom stereocenters. The van der Waals surface area contributed by atoms with Gasteiger partial charge in [-0.3, -0.25) is 14.8 Å². The molecule has 38 heavy (non-hydrogen) atoms. The molecule has 0 spiro atoms. The molecular weight excluding hydrogens is 468 g/mol. The van der Waals surface area contributed by atoms with Gasteiger partial charge in [-0.2, -0.15) is 0 Å². The summed E-state index contributed by atoms with van der Waals surface area (Å²) in [6.45, 7) is 10.4. The standard InChI is InChI=1S/C34H32N2O2/c1-5-8-27(30-9-6-17-35-22-30)14-12-26-19-24(2)11-13-28(20-26)29-15-16-32(33(21-29)38-4)25(3)34(37)31-10-7-18-36-23-31/h6-7,9-23,27H,2-3,5,8H2,1,4H3/b14-12+. The van der Waals surface area contributed by atoms with Gasteiger partial charge in [-0.1, -0.05) is 62.9 Å². The van der Waals surface area contributed by atoms with Crippen molar-refractivity contribution in [2.45, 2.75) is 25.7 Å². The Bertz CT molecular complexity index is 1440. The first-order chi connectivity index (χ1) is 18.5. The number of allylic oxidation sites excluding steroid dienone is 10. The maximum Gasteiger partial charge on any atom is 0.194 e. The Labute approximate surface area is 225 Å². The molecule has 0 saturated carbocycles. The van der Waals surface area contributed by atoms with Crippen LogP contribution in [0.1, 0.15) is 52.7 Å². The SMILES string of the molecule is C=C1C=CC(c2ccc(C(=C)C(=O)c3cccnc3)c(OC)c2)=CC(/C=C/C(CCC)c2cccnc2)=C1. The number of hydrogen-bond acceptors (Lipinski definition) is 4. The van der Waals surface area contributed by atoms with Gasteiger partial charge in [-0.05, 0) is 76.8 Å². The number of ketones is 1. The monoisotopic (exact) mass is 500 g/mol. The molecule has 3 aromatic rings. The van der Waals surface area contributed by atoms with Gasteiger partial charge in [0.05, 0.1) is 7.11 Å². The first kappa shape index (κ1) is 26.5. The average molecular weight is 501 g/mol. The van der Waals surface area contributed by atoms with Crippen molar-refractivity contribution in [3.8, 4) is 5.75 Å². The van der Waals surface area contributed by atoms with Gasteiger partial charge in [-0.25, -0.2) is 0 Å². The van der Waals surface area contributed by atoms with Gasteiger partial charge >= 0.3 is 0 Å². The number of carbonyl (C=O) groups excluding carboxylic acids is 1. The fraction of sp³-hybridized carbons (Fsp3) is 0.147. The third-order valence-corrected chi connectivity index (χ3v) is 6.44. The molecule has 0 aliphatic heterocycles. The van der Waals surface area contributed by atoms with Crippen molar-refractivity contribution in [1.29, 1.82) is 0 Å². The van der Waals surface area contributed by atoms with Crippen molar-refractivity contribution in [3.05, 3.63) is 150 Å². The fourth-order valence-corrected chi connectivity index (χ4v) is 4.43. The first-order valence-corrected chi connectivity index (χ1v) is 12.7. The highest BCUT2D eigenvalue weighted by Crippen LogP contribution is 2.33. The summed E-state index contributed by atoms with van der Waals surface area (Å²) in [6, 6.07) is 13.4. The van der Waals surface area contributed by atoms with Gasteiger partial charge in [0.2, 0.25) is 0 Å². The summed E-state index contributed by atoms with van der Waals surface area (Å²) in [4.78, 5) is 21.3. The third kappa shape index (κ3) is 6.40. The molecule has 0 bridgehead atoms. The zero-order valence-electron chi connectivity index (χ0n) is 21.9. The van der Waals surface area contributed by atoms with Crippen LogP contribution in [0.4, 0.5) is 0 Å². The fourth-order valence-electron chi connectivity index (χ4n) is 4.43. The van der Waals surface area contributed by atoms with Crippen LogP contribution in [0, 0.1) is 0 Å². The Morgan fingerprint density at radius 2 is 1.84 bits per heavy atom. The van der Waals surface area contributed by atoms with E-state index in [-0.39, 0.29) is 5.78 Å². The maximum absolute atomic E-state index is 13.0. The molecular formula is C34H32N2O2. The van der Waals surface area contributed by atoms with Gasteiger partial charge in [0.25, 0.3) is 0 Å². The lowest BCUT2D eigenvalue weighted by Crippen LogP contribution is -2.04. The largest absolute Gasteiger partial charge is 0.496 e. The second-order valence-electron chi connectivity index (χ2n) is 9.16. The zero-order valence-corrected chi connectivity index (χ0v) is 21.9. The van der Waals surface area contributed by atoms with Crippen molar-refractivity contribution >= 4 is 16.9 Å². The van der Waals surface area contributed by atoms with Crippen LogP contribution < -0.4 is 4.74 Å². The number of rotatable bonds is 10. The minimum atomic E-state index is -0.181. The molecule has 190 valence electrons. The van der Waals surface area contributed by atoms with Gasteiger partial charge < -0.3 is 4.74 Å². The Morgan fingerprint density at radius 1 is 1.05 bits per heavy atom. The molecule has 1 aliphatic rings. The van der Waals surface area contributed by atoms with E-state index in [4.69, 9.17) is 4.74 Å². The number of methoxy groups -OCH3 is 1. The van der Waals surface area contributed by atoms with Crippen LogP contribution in [0.2, 0.25) is 0 Å². The minimum absolute atomic E-state index is 0.181. The Balaban J connectivity index is 1.63. The molecule has 1 unspecified atom stereocenters. The number of hydrogen-bond donors (Lipinski definition) is 0. The molecule has 1 aromatic carbocycles. The second-order valence-corrected chi connectivity index (χ2v) is 9.16. The van der Waals surface area contributed by atoms with E-state index in [1.165, 1.54) is 5.56 Å². The van der Waals surface area contributed by atoms with E-state index >= 15 is 0 Å². The van der Waals surface area contributed by atoms with Crippen molar-refractivity contribution in [1.82, 2.24) is 9.97 Å². The summed E-state index contributed by atoms with van der Waals surface area (Å²) in [5.74, 6) is 0.695. The molecule has 2 aromatic heterocycles. The molecule has 0 amide bonds. The Kier molecular flexibility index (Phi) is 8.78. The second kappa shape index (κ2) is 12.6. The lowest BCUT2D eigenvalue weighted by Gasteiger charge is -2.13. The predicted molar refractivity (Wildman–Crippen MR) is 156 cm³/mol. The molecule has 0 fully saturated rings. The van der Waals surface area contributed by atoms with E-state index in [9.17, 15) is 4.79 Å². The maximum atomic E-state index is 13.0. The van der Waals surface area contributed by atoms with Crippen LogP contribution in [0.3, 0.4) is 0 Å². The first-order valence-electron chi connectivity index (χ1n) is 12.7. The summed E-state index contributed by atoms with van der Waals surface area (Å²) in [6.07, 6.45) is 21.7. The lowest BCUT2D eigenvalue weighted by atomic mass is 9.93. The number of benzene rings is 1. The lowest BCUT2D eigenvalue weighted by molar-refractivity contribution is 0.105. The molecule has 0 radical (unpaired) electrons. The van der Waals surface area contributed by atoms with Crippen LogP contribution in [0.15, 0.2) is 128 Å². The summed E-state index contributed by atoms with van der Waals surface area (Å²) >= 11 is 0. The van der Waals surface area contributed by atoms with Crippen LogP contribution in [-0.4, -0.2) is 22.9 Å². The van der Waals surface area contributed by atoms with E-state index in [1.54, 1.807) is 37.8 Å². The molecule has 2 heterocycles. The zero-order chi connectivity index (χ0) is 26.9. The van der Waals surface area contributed by atoms with Crippen molar-refractivity contribution in [3.63, 3.8) is 0 Å². The van der Waals surface area contributed by atoms with E-state index in [0.29, 0.717) is 28.4 Å². The Morgan fingerprint density at radius 3 is 2.53 bits per heavy atom. The van der Waals surface area contributed by atoms with Gasteiger partial charge in [0.15, 0.2) is 5.78 Å². The van der Waals surface area contributed by atoms with Crippen molar-refractivity contribution in [2.24, 2.45) is 0 Å². The number of nitrogens with zero attached hydrogens (tertiary/aromatic N) is 2. The quantitative estimate of drug-likeness (QED) is 0.209. The predicted octanol–water partition coefficient (Wildman–Crippen LogP) is 7.96. The number of carbonyl (C=O) groups is 1. The van der Waals surface area contributed by atoms with Gasteiger partial charge in [0, 0.05) is 47.4 Å². The number of pyridine rings is 2. The molecule has 1 aliphatic carbocycles. The highest BCUT2D eigenvalue weighted by atomic mass is 16.5. The summed E-state index contributed by atoms with van der Waals surface area (Å²) in [7, 11) is 1.60. The van der Waals surface area contributed by atoms with Crippen molar-refractivity contribution in [2.75, 3.05) is 7.11 Å². The normalized spacial score (nSPS) is 14.0. The number of Topliss-reactive ketones (excluding diaryl/α,β-unsaturated/α-hetero) is 1. The minimum Gasteiger partial charge on any atom is -0.496 e. The van der Waals surface area contributed by atoms with Gasteiger partial charge in [0.1, 0.15) is 5.75 Å². The Hall–Kier alpha value is -4.57. The smallest absolute Gasteiger partial charge is 0.194 e. The molecule has 4 heteroatoms. The molecule has 4 nitrogen and oxygen atoms in total. The topological polar surface area (TPSA) is 52.1 Å². The van der Waals surface area contributed by atoms with Crippen LogP contribution >= 0.6 is 0 Å². The van der Waals surface area contributed by atoms with E-state index in [0.717, 1.165) is 35.1 Å². The summed E-state index contributed by atoms with van der Waals surface area (Å²) in [5, 5.41) is 0. The molecule has 4 rings (SSSR count).